The first-order chi connectivity index (χ1) is 6.14. The molecule has 0 radical (unpaired) electrons. The second-order valence-corrected chi connectivity index (χ2v) is 6.48. The average molecular weight is 201 g/mol. The lowest BCUT2D eigenvalue weighted by Gasteiger charge is -2.43. The standard InChI is InChI=1S/C12H24FN/c1-11(2,3)10-9(13)7-8-14(10)12(4,5)6/h9-10H,7-8H2,1-6H3/t9-,10+/m1/s1. The maximum Gasteiger partial charge on any atom is 0.117 e. The van der Waals surface area contributed by atoms with Gasteiger partial charge in [0.15, 0.2) is 0 Å². The Morgan fingerprint density at radius 1 is 1.07 bits per heavy atom. The van der Waals surface area contributed by atoms with Crippen molar-refractivity contribution >= 4 is 0 Å². The lowest BCUT2D eigenvalue weighted by Crippen LogP contribution is -2.52. The Morgan fingerprint density at radius 3 is 1.86 bits per heavy atom. The molecule has 1 rings (SSSR count). The predicted molar refractivity (Wildman–Crippen MR) is 59.2 cm³/mol. The van der Waals surface area contributed by atoms with Crippen LogP contribution in [0.25, 0.3) is 0 Å². The molecular formula is C12H24FN. The highest BCUT2D eigenvalue weighted by Crippen LogP contribution is 2.38. The molecule has 1 saturated heterocycles. The minimum atomic E-state index is -0.658. The Morgan fingerprint density at radius 2 is 1.57 bits per heavy atom. The molecule has 0 unspecified atom stereocenters. The summed E-state index contributed by atoms with van der Waals surface area (Å²) >= 11 is 0. The molecule has 1 nitrogen and oxygen atoms in total. The molecule has 1 fully saturated rings. The fraction of sp³-hybridized carbons (Fsp3) is 1.00. The van der Waals surface area contributed by atoms with Crippen LogP contribution in [0, 0.1) is 5.41 Å². The van der Waals surface area contributed by atoms with Crippen molar-refractivity contribution in [3.05, 3.63) is 0 Å². The van der Waals surface area contributed by atoms with E-state index in [4.69, 9.17) is 0 Å². The zero-order chi connectivity index (χ0) is 11.1. The summed E-state index contributed by atoms with van der Waals surface area (Å²) in [6.07, 6.45) is 0.0355. The molecule has 84 valence electrons. The van der Waals surface area contributed by atoms with Crippen LogP contribution >= 0.6 is 0 Å². The van der Waals surface area contributed by atoms with Crippen molar-refractivity contribution in [3.63, 3.8) is 0 Å². The quantitative estimate of drug-likeness (QED) is 0.581. The van der Waals surface area contributed by atoms with E-state index in [2.05, 4.69) is 46.4 Å². The number of rotatable bonds is 0. The van der Waals surface area contributed by atoms with Gasteiger partial charge in [0.1, 0.15) is 6.17 Å². The molecule has 0 bridgehead atoms. The van der Waals surface area contributed by atoms with Gasteiger partial charge in [-0.1, -0.05) is 20.8 Å². The van der Waals surface area contributed by atoms with Crippen LogP contribution in [0.2, 0.25) is 0 Å². The number of alkyl halides is 1. The van der Waals surface area contributed by atoms with Crippen molar-refractivity contribution in [2.24, 2.45) is 5.41 Å². The van der Waals surface area contributed by atoms with E-state index >= 15 is 0 Å². The van der Waals surface area contributed by atoms with Crippen LogP contribution in [0.1, 0.15) is 48.0 Å². The van der Waals surface area contributed by atoms with Gasteiger partial charge < -0.3 is 0 Å². The molecular weight excluding hydrogens is 177 g/mol. The van der Waals surface area contributed by atoms with Crippen molar-refractivity contribution in [2.45, 2.75) is 65.7 Å². The molecule has 0 spiro atoms. The number of halogens is 1. The second kappa shape index (κ2) is 3.48. The first-order valence-corrected chi connectivity index (χ1v) is 5.55. The van der Waals surface area contributed by atoms with Crippen molar-refractivity contribution < 1.29 is 4.39 Å². The molecule has 1 aliphatic rings. The Balaban J connectivity index is 2.88. The summed E-state index contributed by atoms with van der Waals surface area (Å²) in [5.74, 6) is 0. The van der Waals surface area contributed by atoms with E-state index in [1.807, 2.05) is 0 Å². The van der Waals surface area contributed by atoms with Gasteiger partial charge in [0, 0.05) is 18.1 Å². The third-order valence-corrected chi connectivity index (χ3v) is 3.07. The van der Waals surface area contributed by atoms with E-state index in [1.165, 1.54) is 0 Å². The number of nitrogens with zero attached hydrogens (tertiary/aromatic N) is 1. The van der Waals surface area contributed by atoms with Crippen molar-refractivity contribution in [1.82, 2.24) is 4.90 Å². The fourth-order valence-corrected chi connectivity index (χ4v) is 2.52. The van der Waals surface area contributed by atoms with Crippen molar-refractivity contribution in [1.29, 1.82) is 0 Å². The number of hydrogen-bond acceptors (Lipinski definition) is 1. The predicted octanol–water partition coefficient (Wildman–Crippen LogP) is 3.24. The zero-order valence-corrected chi connectivity index (χ0v) is 10.4. The molecule has 0 N–H and O–H groups in total. The summed E-state index contributed by atoms with van der Waals surface area (Å²) in [4.78, 5) is 2.32. The van der Waals surface area contributed by atoms with Gasteiger partial charge >= 0.3 is 0 Å². The summed E-state index contributed by atoms with van der Waals surface area (Å²) in [6.45, 7) is 13.8. The van der Waals surface area contributed by atoms with Crippen LogP contribution in [0.5, 0.6) is 0 Å². The Kier molecular flexibility index (Phi) is 2.97. The first kappa shape index (κ1) is 12.0. The molecule has 0 aromatic carbocycles. The summed E-state index contributed by atoms with van der Waals surface area (Å²) in [7, 11) is 0. The van der Waals surface area contributed by atoms with Gasteiger partial charge in [-0.2, -0.15) is 0 Å². The summed E-state index contributed by atoms with van der Waals surface area (Å²) in [5.41, 5.74) is 0.113. The molecule has 0 aromatic heterocycles. The second-order valence-electron chi connectivity index (χ2n) is 6.48. The third-order valence-electron chi connectivity index (χ3n) is 3.07. The van der Waals surface area contributed by atoms with Gasteiger partial charge in [-0.25, -0.2) is 4.39 Å². The molecule has 0 saturated carbocycles. The van der Waals surface area contributed by atoms with Crippen LogP contribution in [-0.2, 0) is 0 Å². The molecule has 0 aliphatic carbocycles. The van der Waals surface area contributed by atoms with Gasteiger partial charge in [-0.3, -0.25) is 4.90 Å². The van der Waals surface area contributed by atoms with E-state index in [1.54, 1.807) is 0 Å². The van der Waals surface area contributed by atoms with Crippen LogP contribution in [0.15, 0.2) is 0 Å². The first-order valence-electron chi connectivity index (χ1n) is 5.55. The lowest BCUT2D eigenvalue weighted by atomic mass is 9.83. The minimum absolute atomic E-state index is 0.0309. The summed E-state index contributed by atoms with van der Waals surface area (Å²) in [6, 6.07) is 0.0718. The van der Waals surface area contributed by atoms with E-state index in [-0.39, 0.29) is 17.0 Å². The summed E-state index contributed by atoms with van der Waals surface area (Å²) in [5, 5.41) is 0. The number of likely N-dealkylation sites (tertiary alicyclic amines) is 1. The zero-order valence-electron chi connectivity index (χ0n) is 10.4. The molecule has 1 aliphatic heterocycles. The molecule has 14 heavy (non-hydrogen) atoms. The summed E-state index contributed by atoms with van der Waals surface area (Å²) < 4.78 is 13.8. The van der Waals surface area contributed by atoms with Gasteiger partial charge in [0.25, 0.3) is 0 Å². The minimum Gasteiger partial charge on any atom is -0.292 e. The highest BCUT2D eigenvalue weighted by molar-refractivity contribution is 4.99. The van der Waals surface area contributed by atoms with Crippen LogP contribution < -0.4 is 0 Å². The van der Waals surface area contributed by atoms with Crippen molar-refractivity contribution in [2.75, 3.05) is 6.54 Å². The smallest absolute Gasteiger partial charge is 0.117 e. The Hall–Kier alpha value is -0.110. The molecule has 1 heterocycles. The maximum atomic E-state index is 13.8. The van der Waals surface area contributed by atoms with E-state index in [0.29, 0.717) is 6.42 Å². The van der Waals surface area contributed by atoms with Gasteiger partial charge in [-0.15, -0.1) is 0 Å². The highest BCUT2D eigenvalue weighted by Gasteiger charge is 2.45. The van der Waals surface area contributed by atoms with E-state index in [9.17, 15) is 4.39 Å². The van der Waals surface area contributed by atoms with Crippen LogP contribution in [0.4, 0.5) is 4.39 Å². The number of hydrogen-bond donors (Lipinski definition) is 0. The van der Waals surface area contributed by atoms with Crippen LogP contribution in [-0.4, -0.2) is 29.2 Å². The lowest BCUT2D eigenvalue weighted by molar-refractivity contribution is 0.0299. The topological polar surface area (TPSA) is 3.24 Å². The van der Waals surface area contributed by atoms with Gasteiger partial charge in [0.2, 0.25) is 0 Å². The third kappa shape index (κ3) is 2.28. The fourth-order valence-electron chi connectivity index (χ4n) is 2.52. The normalized spacial score (nSPS) is 31.1. The van der Waals surface area contributed by atoms with Crippen LogP contribution in [0.3, 0.4) is 0 Å². The Labute approximate surface area is 87.7 Å². The van der Waals surface area contributed by atoms with E-state index in [0.717, 1.165) is 6.54 Å². The molecule has 2 atom stereocenters. The van der Waals surface area contributed by atoms with Crippen molar-refractivity contribution in [3.8, 4) is 0 Å². The molecule has 2 heteroatoms. The SMILES string of the molecule is CC(C)(C)[C@@H]1[C@H](F)CCN1C(C)(C)C. The molecule has 0 amide bonds. The molecule has 0 aromatic rings. The monoisotopic (exact) mass is 201 g/mol. The average Bonchev–Trinajstić information content (AvgIpc) is 2.27. The Bertz CT molecular complexity index is 199. The van der Waals surface area contributed by atoms with Gasteiger partial charge in [0.05, 0.1) is 0 Å². The maximum absolute atomic E-state index is 13.8. The highest BCUT2D eigenvalue weighted by atomic mass is 19.1. The van der Waals surface area contributed by atoms with Gasteiger partial charge in [-0.05, 0) is 32.6 Å². The largest absolute Gasteiger partial charge is 0.292 e. The van der Waals surface area contributed by atoms with E-state index < -0.39 is 6.17 Å².